The third-order valence-corrected chi connectivity index (χ3v) is 2.48. The van der Waals surface area contributed by atoms with E-state index < -0.39 is 0 Å². The highest BCUT2D eigenvalue weighted by atomic mass is 16.5. The minimum Gasteiger partial charge on any atom is -0.491 e. The van der Waals surface area contributed by atoms with Crippen LogP contribution in [0, 0.1) is 13.8 Å². The average Bonchev–Trinajstić information content (AvgIpc) is 2.26. The first-order chi connectivity index (χ1) is 8.04. The van der Waals surface area contributed by atoms with Crippen molar-refractivity contribution in [3.8, 4) is 5.75 Å². The van der Waals surface area contributed by atoms with Crippen molar-refractivity contribution < 1.29 is 14.6 Å². The molecule has 17 heavy (non-hydrogen) atoms. The van der Waals surface area contributed by atoms with Gasteiger partial charge in [0.25, 0.3) is 0 Å². The van der Waals surface area contributed by atoms with E-state index in [0.29, 0.717) is 13.2 Å². The molecule has 0 aliphatic heterocycles. The van der Waals surface area contributed by atoms with Crippen molar-refractivity contribution in [3.05, 3.63) is 28.8 Å². The second kappa shape index (κ2) is 6.62. The number of hydrogen-bond acceptors (Lipinski definition) is 3. The van der Waals surface area contributed by atoms with Gasteiger partial charge in [0.05, 0.1) is 19.3 Å². The van der Waals surface area contributed by atoms with Gasteiger partial charge in [0.15, 0.2) is 0 Å². The summed E-state index contributed by atoms with van der Waals surface area (Å²) in [6, 6.07) is 3.90. The van der Waals surface area contributed by atoms with Gasteiger partial charge >= 0.3 is 0 Å². The zero-order valence-corrected chi connectivity index (χ0v) is 11.1. The van der Waals surface area contributed by atoms with Crippen molar-refractivity contribution in [2.24, 2.45) is 0 Å². The minimum absolute atomic E-state index is 0.0679. The number of ether oxygens (including phenoxy) is 2. The molecule has 1 aromatic rings. The Hall–Kier alpha value is -1.06. The van der Waals surface area contributed by atoms with E-state index in [1.165, 1.54) is 0 Å². The number of aryl methyl sites for hydroxylation is 2. The molecule has 0 atom stereocenters. The van der Waals surface area contributed by atoms with Gasteiger partial charge < -0.3 is 14.6 Å². The van der Waals surface area contributed by atoms with Crippen LogP contribution in [-0.4, -0.2) is 24.4 Å². The summed E-state index contributed by atoms with van der Waals surface area (Å²) in [6.07, 6.45) is 0.234. The van der Waals surface area contributed by atoms with Crippen molar-refractivity contribution >= 4 is 0 Å². The molecule has 96 valence electrons. The summed E-state index contributed by atoms with van der Waals surface area (Å²) in [7, 11) is 0. The SMILES string of the molecule is Cc1cc(CO)cc(C)c1OCCOC(C)C. The highest BCUT2D eigenvalue weighted by Crippen LogP contribution is 2.24. The summed E-state index contributed by atoms with van der Waals surface area (Å²) in [4.78, 5) is 0. The molecule has 0 saturated carbocycles. The summed E-state index contributed by atoms with van der Waals surface area (Å²) in [5, 5.41) is 9.09. The summed E-state index contributed by atoms with van der Waals surface area (Å²) in [5.74, 6) is 0.898. The Bertz CT molecular complexity index is 335. The lowest BCUT2D eigenvalue weighted by molar-refractivity contribution is 0.0550. The maximum Gasteiger partial charge on any atom is 0.125 e. The molecular weight excluding hydrogens is 216 g/mol. The van der Waals surface area contributed by atoms with Crippen LogP contribution in [-0.2, 0) is 11.3 Å². The van der Waals surface area contributed by atoms with Gasteiger partial charge in [-0.05, 0) is 44.4 Å². The zero-order valence-electron chi connectivity index (χ0n) is 11.1. The molecule has 0 amide bonds. The average molecular weight is 238 g/mol. The quantitative estimate of drug-likeness (QED) is 0.774. The first-order valence-electron chi connectivity index (χ1n) is 6.00. The molecule has 0 radical (unpaired) electrons. The van der Waals surface area contributed by atoms with E-state index in [0.717, 1.165) is 22.4 Å². The van der Waals surface area contributed by atoms with Crippen molar-refractivity contribution in [2.45, 2.75) is 40.4 Å². The van der Waals surface area contributed by atoms with Crippen molar-refractivity contribution in [1.29, 1.82) is 0 Å². The van der Waals surface area contributed by atoms with E-state index in [9.17, 15) is 0 Å². The van der Waals surface area contributed by atoms with E-state index in [1.54, 1.807) is 0 Å². The molecule has 0 heterocycles. The normalized spacial score (nSPS) is 10.9. The first kappa shape index (κ1) is 14.0. The highest BCUT2D eigenvalue weighted by Gasteiger charge is 2.06. The minimum atomic E-state index is 0.0679. The second-order valence-corrected chi connectivity index (χ2v) is 4.48. The molecular formula is C14H22O3. The monoisotopic (exact) mass is 238 g/mol. The summed E-state index contributed by atoms with van der Waals surface area (Å²) in [5.41, 5.74) is 3.03. The molecule has 0 unspecified atom stereocenters. The Morgan fingerprint density at radius 3 is 2.18 bits per heavy atom. The van der Waals surface area contributed by atoms with Crippen LogP contribution in [0.15, 0.2) is 12.1 Å². The van der Waals surface area contributed by atoms with Crippen LogP contribution in [0.3, 0.4) is 0 Å². The fraction of sp³-hybridized carbons (Fsp3) is 0.571. The van der Waals surface area contributed by atoms with E-state index in [1.807, 2.05) is 39.8 Å². The second-order valence-electron chi connectivity index (χ2n) is 4.48. The van der Waals surface area contributed by atoms with Crippen LogP contribution < -0.4 is 4.74 Å². The van der Waals surface area contributed by atoms with Crippen molar-refractivity contribution in [2.75, 3.05) is 13.2 Å². The van der Waals surface area contributed by atoms with Gasteiger partial charge in [0, 0.05) is 0 Å². The lowest BCUT2D eigenvalue weighted by Gasteiger charge is -2.14. The van der Waals surface area contributed by atoms with Gasteiger partial charge in [-0.15, -0.1) is 0 Å². The van der Waals surface area contributed by atoms with Crippen LogP contribution in [0.5, 0.6) is 5.75 Å². The Balaban J connectivity index is 2.59. The smallest absolute Gasteiger partial charge is 0.125 e. The largest absolute Gasteiger partial charge is 0.491 e. The molecule has 1 rings (SSSR count). The number of aliphatic hydroxyl groups excluding tert-OH is 1. The van der Waals surface area contributed by atoms with Crippen LogP contribution in [0.2, 0.25) is 0 Å². The van der Waals surface area contributed by atoms with E-state index in [2.05, 4.69) is 0 Å². The van der Waals surface area contributed by atoms with Crippen LogP contribution >= 0.6 is 0 Å². The summed E-state index contributed by atoms with van der Waals surface area (Å²) >= 11 is 0. The standard InChI is InChI=1S/C14H22O3/c1-10(2)16-5-6-17-14-11(3)7-13(9-15)8-12(14)4/h7-8,10,15H,5-6,9H2,1-4H3. The van der Waals surface area contributed by atoms with E-state index in [4.69, 9.17) is 14.6 Å². The van der Waals surface area contributed by atoms with Gasteiger partial charge in [-0.25, -0.2) is 0 Å². The van der Waals surface area contributed by atoms with Crippen LogP contribution in [0.1, 0.15) is 30.5 Å². The Morgan fingerprint density at radius 1 is 1.12 bits per heavy atom. The Kier molecular flexibility index (Phi) is 5.45. The lowest BCUT2D eigenvalue weighted by Crippen LogP contribution is -2.12. The van der Waals surface area contributed by atoms with Gasteiger partial charge in [0.2, 0.25) is 0 Å². The topological polar surface area (TPSA) is 38.7 Å². The zero-order chi connectivity index (χ0) is 12.8. The summed E-state index contributed by atoms with van der Waals surface area (Å²) < 4.78 is 11.1. The molecule has 0 spiro atoms. The fourth-order valence-corrected chi connectivity index (χ4v) is 1.79. The molecule has 3 heteroatoms. The summed E-state index contributed by atoms with van der Waals surface area (Å²) in [6.45, 7) is 9.21. The lowest BCUT2D eigenvalue weighted by atomic mass is 10.1. The molecule has 0 bridgehead atoms. The third-order valence-electron chi connectivity index (χ3n) is 2.48. The number of hydrogen-bond donors (Lipinski definition) is 1. The van der Waals surface area contributed by atoms with E-state index >= 15 is 0 Å². The van der Waals surface area contributed by atoms with Gasteiger partial charge in [-0.1, -0.05) is 12.1 Å². The third kappa shape index (κ3) is 4.36. The van der Waals surface area contributed by atoms with E-state index in [-0.39, 0.29) is 12.7 Å². The van der Waals surface area contributed by atoms with Gasteiger partial charge in [-0.3, -0.25) is 0 Å². The number of aliphatic hydroxyl groups is 1. The Morgan fingerprint density at radius 2 is 1.71 bits per heavy atom. The molecule has 3 nitrogen and oxygen atoms in total. The highest BCUT2D eigenvalue weighted by molar-refractivity contribution is 5.43. The molecule has 1 aromatic carbocycles. The molecule has 1 N–H and O–H groups in total. The van der Waals surface area contributed by atoms with Crippen LogP contribution in [0.4, 0.5) is 0 Å². The first-order valence-corrected chi connectivity index (χ1v) is 6.00. The fourth-order valence-electron chi connectivity index (χ4n) is 1.79. The molecule has 0 saturated heterocycles. The van der Waals surface area contributed by atoms with Gasteiger partial charge in [-0.2, -0.15) is 0 Å². The molecule has 0 aromatic heterocycles. The van der Waals surface area contributed by atoms with Crippen LogP contribution in [0.25, 0.3) is 0 Å². The van der Waals surface area contributed by atoms with Crippen molar-refractivity contribution in [1.82, 2.24) is 0 Å². The maximum absolute atomic E-state index is 9.09. The van der Waals surface area contributed by atoms with Gasteiger partial charge in [0.1, 0.15) is 12.4 Å². The van der Waals surface area contributed by atoms with Crippen molar-refractivity contribution in [3.63, 3.8) is 0 Å². The molecule has 0 aliphatic rings. The molecule has 0 aliphatic carbocycles. The number of rotatable bonds is 6. The predicted molar refractivity (Wildman–Crippen MR) is 68.4 cm³/mol. The number of benzene rings is 1. The predicted octanol–water partition coefficient (Wildman–Crippen LogP) is 2.60. The maximum atomic E-state index is 9.09. The Labute approximate surface area is 103 Å². The molecule has 0 fully saturated rings.